The molecule has 0 aromatic carbocycles. The number of ether oxygens (including phenoxy) is 1. The van der Waals surface area contributed by atoms with E-state index in [0.717, 1.165) is 30.9 Å². The highest BCUT2D eigenvalue weighted by atomic mass is 32.2. The van der Waals surface area contributed by atoms with Crippen LogP contribution in [0.5, 0.6) is 0 Å². The molecule has 1 unspecified atom stereocenters. The molecule has 1 aliphatic rings. The van der Waals surface area contributed by atoms with E-state index in [-0.39, 0.29) is 6.09 Å². The molecule has 1 amide bonds. The van der Waals surface area contributed by atoms with Crippen LogP contribution in [0.3, 0.4) is 0 Å². The van der Waals surface area contributed by atoms with E-state index in [4.69, 9.17) is 10.5 Å². The minimum Gasteiger partial charge on any atom is -0.444 e. The second kappa shape index (κ2) is 7.24. The smallest absolute Gasteiger partial charge is 0.410 e. The normalized spacial score (nSPS) is 20.9. The highest BCUT2D eigenvalue weighted by Gasteiger charge is 2.30. The Labute approximate surface area is 115 Å². The maximum Gasteiger partial charge on any atom is 0.410 e. The summed E-state index contributed by atoms with van der Waals surface area (Å²) in [6.45, 7) is 7.25. The Balaban J connectivity index is 2.50. The standard InChI is InChI=1S/C13H26N2O2S/c1-13(2,3)17-12(16)15-8-5-4-6-11(15)10-18-9-7-14/h11H,4-10,14H2,1-3H3. The topological polar surface area (TPSA) is 55.6 Å². The van der Waals surface area contributed by atoms with Crippen molar-refractivity contribution in [3.63, 3.8) is 0 Å². The summed E-state index contributed by atoms with van der Waals surface area (Å²) in [7, 11) is 0. The van der Waals surface area contributed by atoms with Crippen molar-refractivity contribution in [2.45, 2.75) is 51.7 Å². The zero-order valence-electron chi connectivity index (χ0n) is 11.8. The Hall–Kier alpha value is -0.420. The van der Waals surface area contributed by atoms with Crippen LogP contribution < -0.4 is 5.73 Å². The summed E-state index contributed by atoms with van der Waals surface area (Å²) in [5.41, 5.74) is 5.08. The number of amides is 1. The van der Waals surface area contributed by atoms with Gasteiger partial charge in [0.05, 0.1) is 0 Å². The number of nitrogens with two attached hydrogens (primary N) is 1. The van der Waals surface area contributed by atoms with Gasteiger partial charge in [-0.15, -0.1) is 0 Å². The van der Waals surface area contributed by atoms with Crippen LogP contribution in [0.1, 0.15) is 40.0 Å². The monoisotopic (exact) mass is 274 g/mol. The molecule has 5 heteroatoms. The van der Waals surface area contributed by atoms with E-state index >= 15 is 0 Å². The second-order valence-electron chi connectivity index (χ2n) is 5.69. The van der Waals surface area contributed by atoms with Gasteiger partial charge in [-0.3, -0.25) is 0 Å². The lowest BCUT2D eigenvalue weighted by Gasteiger charge is -2.36. The van der Waals surface area contributed by atoms with Crippen LogP contribution in [0, 0.1) is 0 Å². The van der Waals surface area contributed by atoms with E-state index in [0.29, 0.717) is 12.6 Å². The number of nitrogens with zero attached hydrogens (tertiary/aromatic N) is 1. The van der Waals surface area contributed by atoms with Gasteiger partial charge in [0.25, 0.3) is 0 Å². The van der Waals surface area contributed by atoms with Crippen molar-refractivity contribution in [1.29, 1.82) is 0 Å². The molecule has 2 N–H and O–H groups in total. The first-order valence-corrected chi connectivity index (χ1v) is 7.87. The fraction of sp³-hybridized carbons (Fsp3) is 0.923. The Morgan fingerprint density at radius 3 is 2.78 bits per heavy atom. The Kier molecular flexibility index (Phi) is 6.29. The molecule has 0 saturated carbocycles. The zero-order valence-corrected chi connectivity index (χ0v) is 12.6. The van der Waals surface area contributed by atoms with E-state index in [2.05, 4.69) is 0 Å². The third kappa shape index (κ3) is 5.48. The maximum absolute atomic E-state index is 12.1. The molecule has 0 spiro atoms. The van der Waals surface area contributed by atoms with Crippen LogP contribution >= 0.6 is 11.8 Å². The predicted octanol–water partition coefficient (Wildman–Crippen LogP) is 2.47. The minimum atomic E-state index is -0.413. The molecule has 0 aliphatic carbocycles. The zero-order chi connectivity index (χ0) is 13.6. The van der Waals surface area contributed by atoms with Crippen molar-refractivity contribution in [2.75, 3.05) is 24.6 Å². The van der Waals surface area contributed by atoms with Crippen molar-refractivity contribution < 1.29 is 9.53 Å². The van der Waals surface area contributed by atoms with Crippen LogP contribution in [-0.2, 0) is 4.74 Å². The summed E-state index contributed by atoms with van der Waals surface area (Å²) in [5.74, 6) is 1.93. The molecule has 0 bridgehead atoms. The molecule has 18 heavy (non-hydrogen) atoms. The predicted molar refractivity (Wildman–Crippen MR) is 77.0 cm³/mol. The molecule has 1 fully saturated rings. The number of rotatable bonds is 4. The lowest BCUT2D eigenvalue weighted by molar-refractivity contribution is 0.0126. The quantitative estimate of drug-likeness (QED) is 0.800. The molecule has 1 rings (SSSR count). The van der Waals surface area contributed by atoms with E-state index < -0.39 is 5.60 Å². The number of carbonyl (C=O) groups excluding carboxylic acids is 1. The molecular formula is C13H26N2O2S. The molecule has 1 atom stereocenters. The first kappa shape index (κ1) is 15.6. The SMILES string of the molecule is CC(C)(C)OC(=O)N1CCCCC1CSCCN. The van der Waals surface area contributed by atoms with Crippen molar-refractivity contribution in [3.05, 3.63) is 0 Å². The Morgan fingerprint density at radius 1 is 1.44 bits per heavy atom. The van der Waals surface area contributed by atoms with Crippen LogP contribution in [0.15, 0.2) is 0 Å². The summed E-state index contributed by atoms with van der Waals surface area (Å²) in [6, 6.07) is 0.310. The maximum atomic E-state index is 12.1. The third-order valence-corrected chi connectivity index (χ3v) is 3.97. The third-order valence-electron chi connectivity index (χ3n) is 2.83. The Morgan fingerprint density at radius 2 is 2.17 bits per heavy atom. The van der Waals surface area contributed by atoms with Gasteiger partial charge in [0.1, 0.15) is 5.60 Å². The fourth-order valence-corrected chi connectivity index (χ4v) is 2.99. The van der Waals surface area contributed by atoms with Gasteiger partial charge in [-0.2, -0.15) is 11.8 Å². The number of carbonyl (C=O) groups is 1. The largest absolute Gasteiger partial charge is 0.444 e. The van der Waals surface area contributed by atoms with Crippen LogP contribution in [-0.4, -0.2) is 47.2 Å². The molecular weight excluding hydrogens is 248 g/mol. The van der Waals surface area contributed by atoms with Crippen molar-refractivity contribution in [2.24, 2.45) is 5.73 Å². The van der Waals surface area contributed by atoms with Gasteiger partial charge in [0.2, 0.25) is 0 Å². The average Bonchev–Trinajstić information content (AvgIpc) is 2.27. The van der Waals surface area contributed by atoms with Gasteiger partial charge in [-0.25, -0.2) is 4.79 Å². The summed E-state index contributed by atoms with van der Waals surface area (Å²) in [5, 5.41) is 0. The number of likely N-dealkylation sites (tertiary alicyclic amines) is 1. The number of thioether (sulfide) groups is 1. The van der Waals surface area contributed by atoms with Crippen molar-refractivity contribution in [3.8, 4) is 0 Å². The highest BCUT2D eigenvalue weighted by molar-refractivity contribution is 7.99. The lowest BCUT2D eigenvalue weighted by Crippen LogP contribution is -2.47. The number of hydrogen-bond donors (Lipinski definition) is 1. The van der Waals surface area contributed by atoms with Gasteiger partial charge in [-0.1, -0.05) is 0 Å². The summed E-state index contributed by atoms with van der Waals surface area (Å²) < 4.78 is 5.47. The van der Waals surface area contributed by atoms with Gasteiger partial charge in [0.15, 0.2) is 0 Å². The molecule has 0 aromatic rings. The molecule has 106 valence electrons. The van der Waals surface area contributed by atoms with E-state index in [1.807, 2.05) is 37.4 Å². The van der Waals surface area contributed by atoms with Crippen LogP contribution in [0.2, 0.25) is 0 Å². The molecule has 0 radical (unpaired) electrons. The molecule has 0 aromatic heterocycles. The highest BCUT2D eigenvalue weighted by Crippen LogP contribution is 2.23. The average molecular weight is 274 g/mol. The first-order valence-electron chi connectivity index (χ1n) is 6.71. The molecule has 1 heterocycles. The molecule has 1 saturated heterocycles. The van der Waals surface area contributed by atoms with Gasteiger partial charge in [-0.05, 0) is 40.0 Å². The van der Waals surface area contributed by atoms with Gasteiger partial charge >= 0.3 is 6.09 Å². The first-order chi connectivity index (χ1) is 8.44. The van der Waals surface area contributed by atoms with Gasteiger partial charge < -0.3 is 15.4 Å². The van der Waals surface area contributed by atoms with E-state index in [1.54, 1.807) is 0 Å². The van der Waals surface area contributed by atoms with Crippen molar-refractivity contribution in [1.82, 2.24) is 4.90 Å². The van der Waals surface area contributed by atoms with E-state index in [1.165, 1.54) is 6.42 Å². The van der Waals surface area contributed by atoms with Gasteiger partial charge in [0, 0.05) is 30.6 Å². The summed E-state index contributed by atoms with van der Waals surface area (Å²) >= 11 is 1.82. The van der Waals surface area contributed by atoms with Crippen LogP contribution in [0.4, 0.5) is 4.79 Å². The van der Waals surface area contributed by atoms with Crippen LogP contribution in [0.25, 0.3) is 0 Å². The minimum absolute atomic E-state index is 0.166. The molecule has 4 nitrogen and oxygen atoms in total. The number of hydrogen-bond acceptors (Lipinski definition) is 4. The second-order valence-corrected chi connectivity index (χ2v) is 6.84. The van der Waals surface area contributed by atoms with Crippen molar-refractivity contribution >= 4 is 17.9 Å². The molecule has 1 aliphatic heterocycles. The Bertz CT molecular complexity index is 266. The fourth-order valence-electron chi connectivity index (χ4n) is 2.04. The lowest BCUT2D eigenvalue weighted by atomic mass is 10.0. The van der Waals surface area contributed by atoms with E-state index in [9.17, 15) is 4.79 Å². The summed E-state index contributed by atoms with van der Waals surface area (Å²) in [6.07, 6.45) is 3.20. The summed E-state index contributed by atoms with van der Waals surface area (Å²) in [4.78, 5) is 14.0. The number of piperidine rings is 1.